The lowest BCUT2D eigenvalue weighted by molar-refractivity contribution is -0.141. The van der Waals surface area contributed by atoms with Gasteiger partial charge >= 0.3 is 6.09 Å². The Kier molecular flexibility index (Phi) is 7.09. The number of likely N-dealkylation sites (tertiary alicyclic amines) is 1. The molecule has 2 rings (SSSR count). The summed E-state index contributed by atoms with van der Waals surface area (Å²) in [6.07, 6.45) is 3.22. The summed E-state index contributed by atoms with van der Waals surface area (Å²) < 4.78 is 5.86. The minimum Gasteiger partial charge on any atom is -0.487 e. The molecule has 0 unspecified atom stereocenters. The van der Waals surface area contributed by atoms with Crippen molar-refractivity contribution in [1.82, 2.24) is 19.8 Å². The molecule has 0 aromatic carbocycles. The highest BCUT2D eigenvalue weighted by atomic mass is 35.5. The van der Waals surface area contributed by atoms with Crippen molar-refractivity contribution in [3.05, 3.63) is 17.7 Å². The van der Waals surface area contributed by atoms with E-state index in [2.05, 4.69) is 9.97 Å². The number of aromatic nitrogens is 2. The molecule has 1 aromatic heterocycles. The van der Waals surface area contributed by atoms with Crippen LogP contribution in [0.1, 0.15) is 47.5 Å². The third-order valence-electron chi connectivity index (χ3n) is 4.74. The molecular weight excluding hydrogens is 384 g/mol. The topological polar surface area (TPSA) is 95.9 Å². The van der Waals surface area contributed by atoms with Gasteiger partial charge in [-0.2, -0.15) is 0 Å². The summed E-state index contributed by atoms with van der Waals surface area (Å²) in [4.78, 5) is 35.9. The SMILES string of the molecule is CC(C)[C@@H](C(=O)N1CCC(Oc2cnc(Cl)nc2)CC1)N(C(=O)O)C(C)(C)C. The van der Waals surface area contributed by atoms with Gasteiger partial charge in [0.05, 0.1) is 12.4 Å². The number of amides is 2. The quantitative estimate of drug-likeness (QED) is 0.745. The zero-order chi connectivity index (χ0) is 21.1. The molecule has 1 fully saturated rings. The van der Waals surface area contributed by atoms with Crippen LogP contribution in [0.15, 0.2) is 12.4 Å². The van der Waals surface area contributed by atoms with Gasteiger partial charge in [-0.15, -0.1) is 0 Å². The molecule has 2 heterocycles. The van der Waals surface area contributed by atoms with Crippen molar-refractivity contribution in [1.29, 1.82) is 0 Å². The fraction of sp³-hybridized carbons (Fsp3) is 0.684. The number of halogens is 1. The molecule has 0 saturated carbocycles. The van der Waals surface area contributed by atoms with E-state index in [1.807, 2.05) is 13.8 Å². The second kappa shape index (κ2) is 8.94. The third kappa shape index (κ3) is 5.47. The van der Waals surface area contributed by atoms with Gasteiger partial charge in [0.2, 0.25) is 11.2 Å². The van der Waals surface area contributed by atoms with E-state index in [4.69, 9.17) is 16.3 Å². The fourth-order valence-corrected chi connectivity index (χ4v) is 3.55. The number of carbonyl (C=O) groups excluding carboxylic acids is 1. The first-order valence-electron chi connectivity index (χ1n) is 9.46. The Balaban J connectivity index is 2.03. The molecule has 1 atom stereocenters. The fourth-order valence-electron chi connectivity index (χ4n) is 3.45. The van der Waals surface area contributed by atoms with Crippen LogP contribution < -0.4 is 4.74 Å². The molecule has 8 nitrogen and oxygen atoms in total. The van der Waals surface area contributed by atoms with Crippen molar-refractivity contribution in [2.24, 2.45) is 5.92 Å². The lowest BCUT2D eigenvalue weighted by Crippen LogP contribution is -2.60. The first kappa shape index (κ1) is 22.2. The molecule has 9 heteroatoms. The maximum Gasteiger partial charge on any atom is 0.408 e. The summed E-state index contributed by atoms with van der Waals surface area (Å²) in [6, 6.07) is -0.723. The van der Waals surface area contributed by atoms with E-state index >= 15 is 0 Å². The molecule has 1 saturated heterocycles. The smallest absolute Gasteiger partial charge is 0.408 e. The number of carboxylic acid groups (broad SMARTS) is 1. The van der Waals surface area contributed by atoms with Gasteiger partial charge in [0.25, 0.3) is 0 Å². The molecule has 2 amide bonds. The van der Waals surface area contributed by atoms with Gasteiger partial charge in [-0.05, 0) is 38.3 Å². The van der Waals surface area contributed by atoms with Crippen LogP contribution in [0, 0.1) is 5.92 Å². The summed E-state index contributed by atoms with van der Waals surface area (Å²) in [7, 11) is 0. The van der Waals surface area contributed by atoms with Gasteiger partial charge in [-0.25, -0.2) is 14.8 Å². The van der Waals surface area contributed by atoms with Crippen molar-refractivity contribution in [3.8, 4) is 5.75 Å². The van der Waals surface area contributed by atoms with Crippen LogP contribution in [0.3, 0.4) is 0 Å². The highest BCUT2D eigenvalue weighted by molar-refractivity contribution is 6.28. The second-order valence-electron chi connectivity index (χ2n) is 8.34. The van der Waals surface area contributed by atoms with Crippen molar-refractivity contribution in [2.45, 2.75) is 65.1 Å². The van der Waals surface area contributed by atoms with Gasteiger partial charge in [-0.3, -0.25) is 9.69 Å². The van der Waals surface area contributed by atoms with Crippen LogP contribution in [0.2, 0.25) is 5.28 Å². The van der Waals surface area contributed by atoms with Crippen LogP contribution >= 0.6 is 11.6 Å². The largest absolute Gasteiger partial charge is 0.487 e. The average molecular weight is 413 g/mol. The van der Waals surface area contributed by atoms with E-state index in [0.29, 0.717) is 31.7 Å². The maximum atomic E-state index is 13.2. The number of piperidine rings is 1. The minimum absolute atomic E-state index is 0.0514. The summed E-state index contributed by atoms with van der Waals surface area (Å²) in [5.74, 6) is 0.252. The van der Waals surface area contributed by atoms with E-state index in [1.165, 1.54) is 17.3 Å². The van der Waals surface area contributed by atoms with E-state index in [-0.39, 0.29) is 23.2 Å². The molecule has 1 aliphatic heterocycles. The molecule has 1 aromatic rings. The Morgan fingerprint density at radius 3 is 2.21 bits per heavy atom. The molecule has 1 aliphatic rings. The van der Waals surface area contributed by atoms with E-state index in [1.54, 1.807) is 25.7 Å². The molecule has 156 valence electrons. The van der Waals surface area contributed by atoms with Crippen molar-refractivity contribution in [2.75, 3.05) is 13.1 Å². The van der Waals surface area contributed by atoms with Crippen LogP contribution in [0.5, 0.6) is 5.75 Å². The van der Waals surface area contributed by atoms with Crippen molar-refractivity contribution >= 4 is 23.6 Å². The Morgan fingerprint density at radius 2 is 1.79 bits per heavy atom. The zero-order valence-corrected chi connectivity index (χ0v) is 17.8. The number of ether oxygens (including phenoxy) is 1. The van der Waals surface area contributed by atoms with Crippen LogP contribution in [-0.4, -0.2) is 67.6 Å². The van der Waals surface area contributed by atoms with Crippen LogP contribution in [-0.2, 0) is 4.79 Å². The van der Waals surface area contributed by atoms with E-state index < -0.39 is 17.7 Å². The van der Waals surface area contributed by atoms with Crippen molar-refractivity contribution < 1.29 is 19.4 Å². The molecule has 0 bridgehead atoms. The predicted molar refractivity (Wildman–Crippen MR) is 106 cm³/mol. The van der Waals surface area contributed by atoms with Gasteiger partial charge in [0.1, 0.15) is 12.1 Å². The monoisotopic (exact) mass is 412 g/mol. The van der Waals surface area contributed by atoms with Gasteiger partial charge in [-0.1, -0.05) is 13.8 Å². The highest BCUT2D eigenvalue weighted by Crippen LogP contribution is 2.26. The second-order valence-corrected chi connectivity index (χ2v) is 8.68. The maximum absolute atomic E-state index is 13.2. The lowest BCUT2D eigenvalue weighted by Gasteiger charge is -2.43. The number of carbonyl (C=O) groups is 2. The standard InChI is InChI=1S/C19H29ClN4O4/c1-12(2)15(24(18(26)27)19(3,4)5)16(25)23-8-6-13(7-9-23)28-14-10-21-17(20)22-11-14/h10-13,15H,6-9H2,1-5H3,(H,26,27)/t15-/m0/s1. The first-order valence-corrected chi connectivity index (χ1v) is 9.83. The molecule has 0 radical (unpaired) electrons. The van der Waals surface area contributed by atoms with Gasteiger partial charge in [0.15, 0.2) is 5.75 Å². The number of hydrogen-bond donors (Lipinski definition) is 1. The van der Waals surface area contributed by atoms with E-state index in [0.717, 1.165) is 0 Å². The summed E-state index contributed by atoms with van der Waals surface area (Å²) in [6.45, 7) is 10.2. The van der Waals surface area contributed by atoms with E-state index in [9.17, 15) is 14.7 Å². The summed E-state index contributed by atoms with van der Waals surface area (Å²) in [5, 5.41) is 9.88. The van der Waals surface area contributed by atoms with Crippen LogP contribution in [0.25, 0.3) is 0 Å². The van der Waals surface area contributed by atoms with Gasteiger partial charge in [0, 0.05) is 31.5 Å². The van der Waals surface area contributed by atoms with Crippen molar-refractivity contribution in [3.63, 3.8) is 0 Å². The molecule has 0 spiro atoms. The molecule has 28 heavy (non-hydrogen) atoms. The normalized spacial score (nSPS) is 16.8. The molecule has 1 N–H and O–H groups in total. The highest BCUT2D eigenvalue weighted by Gasteiger charge is 2.41. The lowest BCUT2D eigenvalue weighted by atomic mass is 9.94. The Labute approximate surface area is 170 Å². The average Bonchev–Trinajstić information content (AvgIpc) is 2.60. The Hall–Kier alpha value is -2.09. The minimum atomic E-state index is -1.08. The molecular formula is C19H29ClN4O4. The van der Waals surface area contributed by atoms with Gasteiger partial charge < -0.3 is 14.7 Å². The first-order chi connectivity index (χ1) is 13.0. The Bertz CT molecular complexity index is 682. The number of hydrogen-bond acceptors (Lipinski definition) is 5. The summed E-state index contributed by atoms with van der Waals surface area (Å²) in [5.41, 5.74) is -0.674. The third-order valence-corrected chi connectivity index (χ3v) is 4.94. The Morgan fingerprint density at radius 1 is 1.25 bits per heavy atom. The predicted octanol–water partition coefficient (Wildman–Crippen LogP) is 3.30. The number of nitrogens with zero attached hydrogens (tertiary/aromatic N) is 4. The molecule has 0 aliphatic carbocycles. The zero-order valence-electron chi connectivity index (χ0n) is 17.1. The van der Waals surface area contributed by atoms with Crippen LogP contribution in [0.4, 0.5) is 4.79 Å². The number of rotatable bonds is 5. The summed E-state index contributed by atoms with van der Waals surface area (Å²) >= 11 is 5.68.